The number of furan rings is 1. The molecule has 1 saturated heterocycles. The van der Waals surface area contributed by atoms with Gasteiger partial charge in [0.25, 0.3) is 5.91 Å². The minimum absolute atomic E-state index is 0.0631. The van der Waals surface area contributed by atoms with Crippen molar-refractivity contribution < 1.29 is 9.21 Å². The molecule has 7 nitrogen and oxygen atoms in total. The van der Waals surface area contributed by atoms with Gasteiger partial charge in [-0.1, -0.05) is 6.08 Å². The average Bonchev–Trinajstić information content (AvgIpc) is 3.13. The number of nitrogens with zero attached hydrogens (tertiary/aromatic N) is 4. The van der Waals surface area contributed by atoms with Crippen molar-refractivity contribution in [2.24, 2.45) is 0 Å². The third-order valence-electron chi connectivity index (χ3n) is 3.87. The van der Waals surface area contributed by atoms with Crippen molar-refractivity contribution >= 4 is 17.7 Å². The minimum Gasteiger partial charge on any atom is -0.459 e. The lowest BCUT2D eigenvalue weighted by molar-refractivity contribution is 0.0714. The summed E-state index contributed by atoms with van der Waals surface area (Å²) in [6.45, 7) is 8.97. The highest BCUT2D eigenvalue weighted by atomic mass is 16.3. The average molecular weight is 327 g/mol. The van der Waals surface area contributed by atoms with Crippen LogP contribution in [0.2, 0.25) is 0 Å². The highest BCUT2D eigenvalue weighted by Crippen LogP contribution is 2.18. The Bertz CT molecular complexity index is 706. The van der Waals surface area contributed by atoms with Crippen molar-refractivity contribution in [2.45, 2.75) is 6.92 Å². The van der Waals surface area contributed by atoms with E-state index in [2.05, 4.69) is 26.8 Å². The predicted molar refractivity (Wildman–Crippen MR) is 92.3 cm³/mol. The van der Waals surface area contributed by atoms with Gasteiger partial charge in [0.05, 0.1) is 6.26 Å². The summed E-state index contributed by atoms with van der Waals surface area (Å²) >= 11 is 0. The Labute approximate surface area is 141 Å². The Hall–Kier alpha value is -2.83. The number of aromatic nitrogens is 2. The maximum atomic E-state index is 12.3. The van der Waals surface area contributed by atoms with Crippen LogP contribution in [-0.2, 0) is 0 Å². The van der Waals surface area contributed by atoms with Gasteiger partial charge < -0.3 is 19.5 Å². The van der Waals surface area contributed by atoms with Crippen LogP contribution >= 0.6 is 0 Å². The van der Waals surface area contributed by atoms with E-state index in [1.165, 1.54) is 6.26 Å². The number of rotatable bonds is 5. The van der Waals surface area contributed by atoms with Crippen molar-refractivity contribution in [3.05, 3.63) is 48.6 Å². The summed E-state index contributed by atoms with van der Waals surface area (Å²) in [6, 6.07) is 5.38. The molecule has 3 heterocycles. The zero-order chi connectivity index (χ0) is 16.9. The van der Waals surface area contributed by atoms with Crippen molar-refractivity contribution in [3.63, 3.8) is 0 Å². The van der Waals surface area contributed by atoms with Crippen LogP contribution in [0.4, 0.5) is 11.8 Å². The largest absolute Gasteiger partial charge is 0.459 e. The maximum absolute atomic E-state index is 12.3. The molecule has 0 unspecified atom stereocenters. The molecule has 0 aromatic carbocycles. The van der Waals surface area contributed by atoms with E-state index in [0.29, 0.717) is 31.3 Å². The van der Waals surface area contributed by atoms with Crippen molar-refractivity contribution in [3.8, 4) is 0 Å². The summed E-state index contributed by atoms with van der Waals surface area (Å²) in [4.78, 5) is 25.2. The van der Waals surface area contributed by atoms with E-state index in [1.54, 1.807) is 23.1 Å². The first-order valence-corrected chi connectivity index (χ1v) is 7.95. The van der Waals surface area contributed by atoms with Crippen molar-refractivity contribution in [2.75, 3.05) is 42.9 Å². The Kier molecular flexibility index (Phi) is 4.79. The highest BCUT2D eigenvalue weighted by molar-refractivity contribution is 5.91. The van der Waals surface area contributed by atoms with Gasteiger partial charge >= 0.3 is 0 Å². The van der Waals surface area contributed by atoms with E-state index >= 15 is 0 Å². The second kappa shape index (κ2) is 7.16. The van der Waals surface area contributed by atoms with Gasteiger partial charge in [-0.3, -0.25) is 4.79 Å². The molecule has 7 heteroatoms. The molecule has 0 bridgehead atoms. The number of carbonyl (C=O) groups excluding carboxylic acids is 1. The fourth-order valence-corrected chi connectivity index (χ4v) is 2.65. The van der Waals surface area contributed by atoms with Gasteiger partial charge in [-0.25, -0.2) is 4.98 Å². The molecule has 0 saturated carbocycles. The third kappa shape index (κ3) is 3.56. The zero-order valence-corrected chi connectivity index (χ0v) is 13.7. The van der Waals surface area contributed by atoms with Crippen LogP contribution in [0.1, 0.15) is 16.2 Å². The molecule has 3 rings (SSSR count). The number of piperazine rings is 1. The maximum Gasteiger partial charge on any atom is 0.289 e. The third-order valence-corrected chi connectivity index (χ3v) is 3.87. The van der Waals surface area contributed by atoms with Gasteiger partial charge in [0, 0.05) is 44.5 Å². The quantitative estimate of drug-likeness (QED) is 0.846. The fourth-order valence-electron chi connectivity index (χ4n) is 2.65. The van der Waals surface area contributed by atoms with Gasteiger partial charge in [0.1, 0.15) is 5.82 Å². The molecule has 1 fully saturated rings. The van der Waals surface area contributed by atoms with Gasteiger partial charge in [-0.15, -0.1) is 6.58 Å². The normalized spacial score (nSPS) is 14.5. The number of amides is 1. The van der Waals surface area contributed by atoms with Crippen LogP contribution in [-0.4, -0.2) is 53.5 Å². The summed E-state index contributed by atoms with van der Waals surface area (Å²) in [5, 5.41) is 3.12. The molecule has 0 spiro atoms. The summed E-state index contributed by atoms with van der Waals surface area (Å²) in [5.74, 6) is 1.79. The first-order chi connectivity index (χ1) is 11.7. The van der Waals surface area contributed by atoms with Crippen molar-refractivity contribution in [1.82, 2.24) is 14.9 Å². The smallest absolute Gasteiger partial charge is 0.289 e. The molecule has 24 heavy (non-hydrogen) atoms. The van der Waals surface area contributed by atoms with Gasteiger partial charge in [-0.2, -0.15) is 4.98 Å². The number of hydrogen-bond acceptors (Lipinski definition) is 6. The SMILES string of the molecule is C=CCNc1nc(C)cc(N2CCN(C(=O)c3ccco3)CC2)n1. The van der Waals surface area contributed by atoms with Crippen LogP contribution in [0.15, 0.2) is 41.5 Å². The molecule has 2 aromatic rings. The van der Waals surface area contributed by atoms with Gasteiger partial charge in [0.2, 0.25) is 5.95 Å². The molecular formula is C17H21N5O2. The van der Waals surface area contributed by atoms with E-state index in [1.807, 2.05) is 13.0 Å². The van der Waals surface area contributed by atoms with Crippen molar-refractivity contribution in [1.29, 1.82) is 0 Å². The number of hydrogen-bond donors (Lipinski definition) is 1. The lowest BCUT2D eigenvalue weighted by atomic mass is 10.2. The fraction of sp³-hybridized carbons (Fsp3) is 0.353. The molecular weight excluding hydrogens is 306 g/mol. The second-order valence-electron chi connectivity index (χ2n) is 5.62. The van der Waals surface area contributed by atoms with Crippen LogP contribution < -0.4 is 10.2 Å². The molecule has 0 radical (unpaired) electrons. The Balaban J connectivity index is 1.65. The van der Waals surface area contributed by atoms with Gasteiger partial charge in [0.15, 0.2) is 5.76 Å². The number of aryl methyl sites for hydroxylation is 1. The monoisotopic (exact) mass is 327 g/mol. The first kappa shape index (κ1) is 16.0. The van der Waals surface area contributed by atoms with E-state index in [0.717, 1.165) is 24.6 Å². The molecule has 1 amide bonds. The number of anilines is 2. The van der Waals surface area contributed by atoms with Crippen LogP contribution in [0, 0.1) is 6.92 Å². The Morgan fingerprint density at radius 3 is 2.83 bits per heavy atom. The minimum atomic E-state index is -0.0631. The molecule has 1 aliphatic rings. The zero-order valence-electron chi connectivity index (χ0n) is 13.7. The van der Waals surface area contributed by atoms with Crippen LogP contribution in [0.5, 0.6) is 0 Å². The Morgan fingerprint density at radius 2 is 2.17 bits per heavy atom. The van der Waals surface area contributed by atoms with Crippen LogP contribution in [0.25, 0.3) is 0 Å². The number of carbonyl (C=O) groups is 1. The summed E-state index contributed by atoms with van der Waals surface area (Å²) in [7, 11) is 0. The highest BCUT2D eigenvalue weighted by Gasteiger charge is 2.24. The van der Waals surface area contributed by atoms with E-state index < -0.39 is 0 Å². The van der Waals surface area contributed by atoms with E-state index in [4.69, 9.17) is 4.42 Å². The Morgan fingerprint density at radius 1 is 1.38 bits per heavy atom. The molecule has 0 atom stereocenters. The van der Waals surface area contributed by atoms with E-state index in [9.17, 15) is 4.79 Å². The molecule has 2 aromatic heterocycles. The summed E-state index contributed by atoms with van der Waals surface area (Å²) in [5.41, 5.74) is 0.903. The lowest BCUT2D eigenvalue weighted by Gasteiger charge is -2.35. The molecule has 1 aliphatic heterocycles. The molecule has 1 N–H and O–H groups in total. The molecule has 0 aliphatic carbocycles. The standard InChI is InChI=1S/C17H21N5O2/c1-3-6-18-17-19-13(2)12-15(20-17)21-7-9-22(10-8-21)16(23)14-5-4-11-24-14/h3-5,11-12H,1,6-10H2,2H3,(H,18,19,20). The summed E-state index contributed by atoms with van der Waals surface area (Å²) in [6.07, 6.45) is 3.29. The lowest BCUT2D eigenvalue weighted by Crippen LogP contribution is -2.49. The summed E-state index contributed by atoms with van der Waals surface area (Å²) < 4.78 is 5.19. The van der Waals surface area contributed by atoms with Crippen LogP contribution in [0.3, 0.4) is 0 Å². The number of nitrogens with one attached hydrogen (secondary N) is 1. The second-order valence-corrected chi connectivity index (χ2v) is 5.62. The first-order valence-electron chi connectivity index (χ1n) is 7.95. The molecule has 126 valence electrons. The van der Waals surface area contributed by atoms with Gasteiger partial charge in [-0.05, 0) is 19.1 Å². The van der Waals surface area contributed by atoms with E-state index in [-0.39, 0.29) is 5.91 Å². The predicted octanol–water partition coefficient (Wildman–Crippen LogP) is 1.94. The topological polar surface area (TPSA) is 74.5 Å².